The van der Waals surface area contributed by atoms with Crippen LogP contribution in [0.25, 0.3) is 0 Å². The first-order chi connectivity index (χ1) is 10.0. The van der Waals surface area contributed by atoms with Gasteiger partial charge in [0.25, 0.3) is 5.69 Å². The number of amides is 1. The maximum absolute atomic E-state index is 11.8. The summed E-state index contributed by atoms with van der Waals surface area (Å²) in [6, 6.07) is 6.25. The van der Waals surface area contributed by atoms with E-state index in [0.29, 0.717) is 12.0 Å². The molecule has 0 radical (unpaired) electrons. The summed E-state index contributed by atoms with van der Waals surface area (Å²) in [5.41, 5.74) is 2.75. The van der Waals surface area contributed by atoms with E-state index in [-0.39, 0.29) is 15.7 Å². The maximum atomic E-state index is 11.8. The lowest BCUT2D eigenvalue weighted by Gasteiger charge is -2.19. The Labute approximate surface area is 130 Å². The zero-order chi connectivity index (χ0) is 15.3. The molecular weight excluding hydrogens is 310 g/mol. The number of carbonyl (C=O) groups excluding carboxylic acids is 1. The molecule has 2 rings (SSSR count). The minimum absolute atomic E-state index is 0.0376. The Hall–Kier alpha value is -1.54. The topological polar surface area (TPSA) is 84.6 Å². The lowest BCUT2D eigenvalue weighted by molar-refractivity contribution is -0.385. The molecular formula is C13H15N3O3S2. The molecule has 1 saturated heterocycles. The number of thioether (sulfide) groups is 2. The van der Waals surface area contributed by atoms with Crippen molar-refractivity contribution in [1.29, 1.82) is 0 Å². The molecule has 6 nitrogen and oxygen atoms in total. The minimum atomic E-state index is -0.476. The number of hydrazone groups is 1. The second kappa shape index (κ2) is 6.95. The lowest BCUT2D eigenvalue weighted by atomic mass is 10.2. The van der Waals surface area contributed by atoms with Crippen molar-refractivity contribution in [3.63, 3.8) is 0 Å². The quantitative estimate of drug-likeness (QED) is 0.511. The summed E-state index contributed by atoms with van der Waals surface area (Å²) in [5.74, 6) is 1.91. The lowest BCUT2D eigenvalue weighted by Crippen LogP contribution is -2.26. The number of carbonyl (C=O) groups is 1. The number of rotatable bonds is 5. The molecule has 0 spiro atoms. The van der Waals surface area contributed by atoms with Gasteiger partial charge in [-0.2, -0.15) is 5.10 Å². The van der Waals surface area contributed by atoms with E-state index in [2.05, 4.69) is 10.5 Å². The van der Waals surface area contributed by atoms with Crippen LogP contribution in [0, 0.1) is 10.1 Å². The van der Waals surface area contributed by atoms with Gasteiger partial charge in [-0.15, -0.1) is 23.5 Å². The standard InChI is InChI=1S/C13H15N3O3S2/c1-13(20-6-7-21-13)8-12(17)15-14-9-10-4-2-3-5-11(10)16(18)19/h2-5,9H,6-8H2,1H3,(H,15,17)/b14-9-. The number of nitro benzene ring substituents is 1. The maximum Gasteiger partial charge on any atom is 0.278 e. The molecule has 0 atom stereocenters. The van der Waals surface area contributed by atoms with Crippen LogP contribution in [0.1, 0.15) is 18.9 Å². The summed E-state index contributed by atoms with van der Waals surface area (Å²) in [6.07, 6.45) is 1.67. The van der Waals surface area contributed by atoms with Gasteiger partial charge in [-0.1, -0.05) is 12.1 Å². The predicted octanol–water partition coefficient (Wildman–Crippen LogP) is 2.63. The Morgan fingerprint density at radius 1 is 1.48 bits per heavy atom. The van der Waals surface area contributed by atoms with E-state index < -0.39 is 4.92 Å². The molecule has 0 unspecified atom stereocenters. The van der Waals surface area contributed by atoms with E-state index in [0.717, 1.165) is 11.5 Å². The van der Waals surface area contributed by atoms with Crippen molar-refractivity contribution < 1.29 is 9.72 Å². The number of nitro groups is 1. The van der Waals surface area contributed by atoms with Crippen LogP contribution in [0.15, 0.2) is 29.4 Å². The molecule has 0 aromatic heterocycles. The monoisotopic (exact) mass is 325 g/mol. The van der Waals surface area contributed by atoms with Gasteiger partial charge >= 0.3 is 0 Å². The summed E-state index contributed by atoms with van der Waals surface area (Å²) >= 11 is 3.54. The predicted molar refractivity (Wildman–Crippen MR) is 86.8 cm³/mol. The van der Waals surface area contributed by atoms with E-state index in [1.54, 1.807) is 41.7 Å². The third-order valence-corrected chi connectivity index (χ3v) is 6.20. The molecule has 0 saturated carbocycles. The third-order valence-electron chi connectivity index (χ3n) is 2.91. The first-order valence-corrected chi connectivity index (χ1v) is 8.30. The Balaban J connectivity index is 1.93. The number of nitrogens with one attached hydrogen (secondary N) is 1. The molecule has 112 valence electrons. The molecule has 21 heavy (non-hydrogen) atoms. The molecule has 0 bridgehead atoms. The van der Waals surface area contributed by atoms with Crippen molar-refractivity contribution in [2.45, 2.75) is 17.4 Å². The van der Waals surface area contributed by atoms with Crippen LogP contribution in [0.3, 0.4) is 0 Å². The highest BCUT2D eigenvalue weighted by Crippen LogP contribution is 2.45. The summed E-state index contributed by atoms with van der Waals surface area (Å²) in [7, 11) is 0. The zero-order valence-corrected chi connectivity index (χ0v) is 13.1. The highest BCUT2D eigenvalue weighted by atomic mass is 32.2. The fourth-order valence-corrected chi connectivity index (χ4v) is 4.76. The highest BCUT2D eigenvalue weighted by Gasteiger charge is 2.32. The van der Waals surface area contributed by atoms with Crippen LogP contribution >= 0.6 is 23.5 Å². The fraction of sp³-hybridized carbons (Fsp3) is 0.385. The summed E-state index contributed by atoms with van der Waals surface area (Å²) in [6.45, 7) is 2.04. The summed E-state index contributed by atoms with van der Waals surface area (Å²) < 4.78 is -0.0989. The van der Waals surface area contributed by atoms with Crippen molar-refractivity contribution in [3.05, 3.63) is 39.9 Å². The van der Waals surface area contributed by atoms with Gasteiger partial charge in [0, 0.05) is 17.6 Å². The zero-order valence-electron chi connectivity index (χ0n) is 11.4. The fourth-order valence-electron chi connectivity index (χ4n) is 1.93. The second-order valence-electron chi connectivity index (χ2n) is 4.62. The molecule has 1 fully saturated rings. The number of para-hydroxylation sites is 1. The van der Waals surface area contributed by atoms with Crippen molar-refractivity contribution >= 4 is 41.3 Å². The molecule has 1 aliphatic rings. The van der Waals surface area contributed by atoms with Crippen LogP contribution < -0.4 is 5.43 Å². The first-order valence-electron chi connectivity index (χ1n) is 6.33. The van der Waals surface area contributed by atoms with Crippen LogP contribution in [0.4, 0.5) is 5.69 Å². The number of hydrogen-bond acceptors (Lipinski definition) is 6. The van der Waals surface area contributed by atoms with Crippen LogP contribution in [0.2, 0.25) is 0 Å². The molecule has 1 aromatic rings. The van der Waals surface area contributed by atoms with E-state index in [1.165, 1.54) is 12.3 Å². The highest BCUT2D eigenvalue weighted by molar-refractivity contribution is 8.21. The van der Waals surface area contributed by atoms with Crippen LogP contribution in [0.5, 0.6) is 0 Å². The molecule has 1 aromatic carbocycles. The van der Waals surface area contributed by atoms with Crippen LogP contribution in [-0.2, 0) is 4.79 Å². The van der Waals surface area contributed by atoms with Gasteiger partial charge in [-0.05, 0) is 13.0 Å². The Kier molecular flexibility index (Phi) is 5.24. The Morgan fingerprint density at radius 3 is 2.81 bits per heavy atom. The molecule has 0 aliphatic carbocycles. The largest absolute Gasteiger partial charge is 0.278 e. The number of hydrogen-bond donors (Lipinski definition) is 1. The summed E-state index contributed by atoms with van der Waals surface area (Å²) in [5, 5.41) is 14.7. The number of nitrogens with zero attached hydrogens (tertiary/aromatic N) is 2. The Bertz CT molecular complexity index is 572. The van der Waals surface area contributed by atoms with Crippen molar-refractivity contribution in [2.75, 3.05) is 11.5 Å². The normalized spacial score (nSPS) is 17.0. The van der Waals surface area contributed by atoms with Gasteiger partial charge in [-0.3, -0.25) is 14.9 Å². The number of benzene rings is 1. The molecule has 8 heteroatoms. The third kappa shape index (κ3) is 4.47. The molecule has 1 heterocycles. The van der Waals surface area contributed by atoms with E-state index >= 15 is 0 Å². The summed E-state index contributed by atoms with van der Waals surface area (Å²) in [4.78, 5) is 22.2. The van der Waals surface area contributed by atoms with Crippen molar-refractivity contribution in [3.8, 4) is 0 Å². The van der Waals surface area contributed by atoms with E-state index in [1.807, 2.05) is 6.92 Å². The smallest absolute Gasteiger partial charge is 0.273 e. The van der Waals surface area contributed by atoms with E-state index in [9.17, 15) is 14.9 Å². The average Bonchev–Trinajstić information content (AvgIpc) is 2.85. The van der Waals surface area contributed by atoms with Crippen LogP contribution in [-0.4, -0.2) is 32.6 Å². The minimum Gasteiger partial charge on any atom is -0.273 e. The average molecular weight is 325 g/mol. The van der Waals surface area contributed by atoms with Gasteiger partial charge in [-0.25, -0.2) is 5.43 Å². The molecule has 1 aliphatic heterocycles. The van der Waals surface area contributed by atoms with Gasteiger partial charge < -0.3 is 0 Å². The van der Waals surface area contributed by atoms with Gasteiger partial charge in [0.2, 0.25) is 5.91 Å². The molecule has 1 amide bonds. The van der Waals surface area contributed by atoms with Gasteiger partial charge in [0.05, 0.1) is 27.2 Å². The van der Waals surface area contributed by atoms with Crippen molar-refractivity contribution in [2.24, 2.45) is 5.10 Å². The second-order valence-corrected chi connectivity index (χ2v) is 8.07. The van der Waals surface area contributed by atoms with Gasteiger partial charge in [0.15, 0.2) is 0 Å². The van der Waals surface area contributed by atoms with Crippen molar-refractivity contribution in [1.82, 2.24) is 5.43 Å². The SMILES string of the molecule is CC1(CC(=O)N/N=C\c2ccccc2[N+](=O)[O-])SCCS1. The first kappa shape index (κ1) is 15.8. The molecule has 1 N–H and O–H groups in total. The van der Waals surface area contributed by atoms with E-state index in [4.69, 9.17) is 0 Å². The Morgan fingerprint density at radius 2 is 2.14 bits per heavy atom. The van der Waals surface area contributed by atoms with Gasteiger partial charge in [0.1, 0.15) is 0 Å².